The molecular weight excluding hydrogens is 262 g/mol. The van der Waals surface area contributed by atoms with Gasteiger partial charge in [0.1, 0.15) is 6.54 Å². The molecule has 2 bridgehead atoms. The number of amides is 3. The second-order valence-electron chi connectivity index (χ2n) is 5.81. The Balaban J connectivity index is 2.03. The number of nitrogens with zero attached hydrogens (tertiary/aromatic N) is 3. The second-order valence-corrected chi connectivity index (χ2v) is 5.81. The Labute approximate surface area is 118 Å². The fourth-order valence-corrected chi connectivity index (χ4v) is 3.16. The molecule has 2 rings (SSSR count). The summed E-state index contributed by atoms with van der Waals surface area (Å²) in [5.74, 6) is -1.44. The zero-order chi connectivity index (χ0) is 15.0. The smallest absolute Gasteiger partial charge is 0.320 e. The van der Waals surface area contributed by atoms with Crippen molar-refractivity contribution in [3.8, 4) is 0 Å². The summed E-state index contributed by atoms with van der Waals surface area (Å²) in [6, 6.07) is -0.455. The molecule has 112 valence electrons. The molecule has 0 aliphatic carbocycles. The zero-order valence-electron chi connectivity index (χ0n) is 12.1. The summed E-state index contributed by atoms with van der Waals surface area (Å²) in [6.45, 7) is 0.0134. The molecule has 2 aliphatic rings. The lowest BCUT2D eigenvalue weighted by atomic mass is 9.89. The summed E-state index contributed by atoms with van der Waals surface area (Å²) < 4.78 is 0. The van der Waals surface area contributed by atoms with Crippen LogP contribution in [0.2, 0.25) is 0 Å². The van der Waals surface area contributed by atoms with E-state index in [-0.39, 0.29) is 30.6 Å². The molecule has 3 unspecified atom stereocenters. The third kappa shape index (κ3) is 2.44. The molecule has 0 aromatic heterocycles. The van der Waals surface area contributed by atoms with Gasteiger partial charge >= 0.3 is 12.0 Å². The Morgan fingerprint density at radius 1 is 1.20 bits per heavy atom. The molecule has 0 radical (unpaired) electrons. The van der Waals surface area contributed by atoms with Crippen molar-refractivity contribution in [1.82, 2.24) is 14.7 Å². The van der Waals surface area contributed by atoms with E-state index < -0.39 is 11.9 Å². The van der Waals surface area contributed by atoms with Crippen LogP contribution in [0.5, 0.6) is 0 Å². The number of aliphatic carboxylic acids is 1. The maximum atomic E-state index is 12.4. The van der Waals surface area contributed by atoms with Crippen molar-refractivity contribution >= 4 is 17.9 Å². The number of rotatable bonds is 3. The van der Waals surface area contributed by atoms with Crippen LogP contribution in [0.1, 0.15) is 19.3 Å². The van der Waals surface area contributed by atoms with Crippen molar-refractivity contribution < 1.29 is 19.5 Å². The summed E-state index contributed by atoms with van der Waals surface area (Å²) in [5, 5.41) is 9.18. The summed E-state index contributed by atoms with van der Waals surface area (Å²) in [6.07, 6.45) is 2.12. The summed E-state index contributed by atoms with van der Waals surface area (Å²) in [4.78, 5) is 39.7. The molecule has 20 heavy (non-hydrogen) atoms. The van der Waals surface area contributed by atoms with Crippen molar-refractivity contribution in [3.05, 3.63) is 0 Å². The molecule has 2 fully saturated rings. The van der Waals surface area contributed by atoms with Crippen LogP contribution in [0.25, 0.3) is 0 Å². The zero-order valence-corrected chi connectivity index (χ0v) is 12.1. The van der Waals surface area contributed by atoms with E-state index in [0.29, 0.717) is 6.42 Å². The Hall–Kier alpha value is -1.79. The van der Waals surface area contributed by atoms with E-state index in [2.05, 4.69) is 0 Å². The molecule has 7 heteroatoms. The molecule has 3 atom stereocenters. The number of carboxylic acid groups (broad SMARTS) is 1. The molecule has 0 aromatic carbocycles. The SMILES string of the molecule is CN(C)C(=O)CN(C)C(=O)N1C2CCC1C(C(=O)O)C2. The van der Waals surface area contributed by atoms with Gasteiger partial charge in [-0.2, -0.15) is 0 Å². The van der Waals surface area contributed by atoms with Gasteiger partial charge in [-0.05, 0) is 19.3 Å². The summed E-state index contributed by atoms with van der Waals surface area (Å²) >= 11 is 0. The van der Waals surface area contributed by atoms with Crippen LogP contribution < -0.4 is 0 Å². The van der Waals surface area contributed by atoms with Gasteiger partial charge in [0, 0.05) is 33.2 Å². The van der Waals surface area contributed by atoms with Gasteiger partial charge in [-0.25, -0.2) is 4.79 Å². The van der Waals surface area contributed by atoms with Crippen LogP contribution in [0.4, 0.5) is 4.79 Å². The highest BCUT2D eigenvalue weighted by atomic mass is 16.4. The maximum absolute atomic E-state index is 12.4. The molecule has 2 heterocycles. The number of hydrogen-bond acceptors (Lipinski definition) is 3. The van der Waals surface area contributed by atoms with Gasteiger partial charge in [-0.15, -0.1) is 0 Å². The highest BCUT2D eigenvalue weighted by molar-refractivity contribution is 5.85. The minimum atomic E-state index is -0.831. The Morgan fingerprint density at radius 3 is 2.35 bits per heavy atom. The van der Waals surface area contributed by atoms with Crippen LogP contribution in [0.3, 0.4) is 0 Å². The molecule has 0 spiro atoms. The van der Waals surface area contributed by atoms with Crippen LogP contribution >= 0.6 is 0 Å². The minimum absolute atomic E-state index is 0.00510. The average Bonchev–Trinajstić information content (AvgIpc) is 2.94. The van der Waals surface area contributed by atoms with Crippen LogP contribution in [0, 0.1) is 5.92 Å². The Kier molecular flexibility index (Phi) is 3.87. The van der Waals surface area contributed by atoms with E-state index in [1.54, 1.807) is 26.0 Å². The van der Waals surface area contributed by atoms with Gasteiger partial charge < -0.3 is 19.8 Å². The number of carbonyl (C=O) groups is 3. The fraction of sp³-hybridized carbons (Fsp3) is 0.769. The monoisotopic (exact) mass is 283 g/mol. The molecular formula is C13H21N3O4. The lowest BCUT2D eigenvalue weighted by Gasteiger charge is -2.29. The lowest BCUT2D eigenvalue weighted by molar-refractivity contribution is -0.142. The van der Waals surface area contributed by atoms with E-state index in [1.807, 2.05) is 0 Å². The van der Waals surface area contributed by atoms with Gasteiger partial charge in [0.05, 0.1) is 5.92 Å². The molecule has 3 amide bonds. The van der Waals surface area contributed by atoms with E-state index in [4.69, 9.17) is 0 Å². The maximum Gasteiger partial charge on any atom is 0.320 e. The van der Waals surface area contributed by atoms with E-state index in [9.17, 15) is 19.5 Å². The molecule has 7 nitrogen and oxygen atoms in total. The second kappa shape index (κ2) is 5.30. The Bertz CT molecular complexity index is 437. The van der Waals surface area contributed by atoms with Crippen LogP contribution in [0.15, 0.2) is 0 Å². The first-order valence-corrected chi connectivity index (χ1v) is 6.79. The van der Waals surface area contributed by atoms with Crippen LogP contribution in [-0.4, -0.2) is 77.5 Å². The van der Waals surface area contributed by atoms with Crippen molar-refractivity contribution in [2.75, 3.05) is 27.7 Å². The number of fused-ring (bicyclic) bond motifs is 2. The minimum Gasteiger partial charge on any atom is -0.481 e. The van der Waals surface area contributed by atoms with Crippen molar-refractivity contribution in [3.63, 3.8) is 0 Å². The number of urea groups is 1. The van der Waals surface area contributed by atoms with Crippen molar-refractivity contribution in [1.29, 1.82) is 0 Å². The third-order valence-electron chi connectivity index (χ3n) is 4.27. The quantitative estimate of drug-likeness (QED) is 0.794. The number of carboxylic acids is 1. The Morgan fingerprint density at radius 2 is 1.85 bits per heavy atom. The topological polar surface area (TPSA) is 81.2 Å². The first kappa shape index (κ1) is 14.6. The van der Waals surface area contributed by atoms with Crippen molar-refractivity contribution in [2.45, 2.75) is 31.3 Å². The predicted octanol–water partition coefficient (Wildman–Crippen LogP) is 0.0639. The van der Waals surface area contributed by atoms with Gasteiger partial charge in [-0.1, -0.05) is 0 Å². The fourth-order valence-electron chi connectivity index (χ4n) is 3.16. The van der Waals surface area contributed by atoms with Crippen molar-refractivity contribution in [2.24, 2.45) is 5.92 Å². The highest BCUT2D eigenvalue weighted by Crippen LogP contribution is 2.42. The predicted molar refractivity (Wildman–Crippen MR) is 71.1 cm³/mol. The molecule has 0 aromatic rings. The van der Waals surface area contributed by atoms with E-state index in [0.717, 1.165) is 12.8 Å². The van der Waals surface area contributed by atoms with Gasteiger partial charge in [0.25, 0.3) is 0 Å². The summed E-state index contributed by atoms with van der Waals surface area (Å²) in [5.41, 5.74) is 0. The van der Waals surface area contributed by atoms with Crippen LogP contribution in [-0.2, 0) is 9.59 Å². The molecule has 1 N–H and O–H groups in total. The number of likely N-dealkylation sites (N-methyl/N-ethyl adjacent to an activating group) is 2. The molecule has 0 saturated carbocycles. The summed E-state index contributed by atoms with van der Waals surface area (Å²) in [7, 11) is 4.86. The van der Waals surface area contributed by atoms with E-state index in [1.165, 1.54) is 9.80 Å². The van der Waals surface area contributed by atoms with E-state index >= 15 is 0 Å². The van der Waals surface area contributed by atoms with Gasteiger partial charge in [-0.3, -0.25) is 9.59 Å². The normalized spacial score (nSPS) is 27.6. The lowest BCUT2D eigenvalue weighted by Crippen LogP contribution is -2.48. The third-order valence-corrected chi connectivity index (χ3v) is 4.27. The molecule has 2 saturated heterocycles. The largest absolute Gasteiger partial charge is 0.481 e. The van der Waals surface area contributed by atoms with Gasteiger partial charge in [0.15, 0.2) is 0 Å². The number of hydrogen-bond donors (Lipinski definition) is 1. The first-order valence-electron chi connectivity index (χ1n) is 6.79. The number of carbonyl (C=O) groups excluding carboxylic acids is 2. The van der Waals surface area contributed by atoms with Gasteiger partial charge in [0.2, 0.25) is 5.91 Å². The highest BCUT2D eigenvalue weighted by Gasteiger charge is 2.52. The average molecular weight is 283 g/mol. The molecule has 2 aliphatic heterocycles. The standard InChI is InChI=1S/C13H21N3O4/c1-14(2)11(17)7-15(3)13(20)16-8-4-5-10(16)9(6-8)12(18)19/h8-10H,4-7H2,1-3H3,(H,18,19). The first-order chi connectivity index (χ1) is 9.32.